The van der Waals surface area contributed by atoms with Gasteiger partial charge in [-0.25, -0.2) is 4.72 Å². The third kappa shape index (κ3) is 4.82. The average Bonchev–Trinajstić information content (AvgIpc) is 2.28. The molecule has 0 fully saturated rings. The molecule has 0 saturated carbocycles. The lowest BCUT2D eigenvalue weighted by molar-refractivity contribution is 0.452. The van der Waals surface area contributed by atoms with E-state index in [9.17, 15) is 8.42 Å². The Kier molecular flexibility index (Phi) is 5.07. The molecule has 17 heavy (non-hydrogen) atoms. The maximum absolute atomic E-state index is 11.8. The van der Waals surface area contributed by atoms with Gasteiger partial charge in [0.15, 0.2) is 0 Å². The van der Waals surface area contributed by atoms with E-state index in [1.54, 1.807) is 6.92 Å². The highest BCUT2D eigenvalue weighted by atomic mass is 32.2. The van der Waals surface area contributed by atoms with Crippen molar-refractivity contribution in [2.45, 2.75) is 19.5 Å². The van der Waals surface area contributed by atoms with E-state index in [0.717, 1.165) is 5.56 Å². The van der Waals surface area contributed by atoms with Gasteiger partial charge >= 0.3 is 0 Å². The molecular weight excluding hydrogens is 238 g/mol. The molecule has 0 saturated heterocycles. The van der Waals surface area contributed by atoms with Crippen molar-refractivity contribution in [2.24, 2.45) is 5.73 Å². The fourth-order valence-electron chi connectivity index (χ4n) is 1.27. The van der Waals surface area contributed by atoms with Gasteiger partial charge in [0.25, 0.3) is 10.2 Å². The molecular formula is C11H19N3O2S. The number of benzene rings is 1. The van der Waals surface area contributed by atoms with Crippen LogP contribution in [0.1, 0.15) is 12.5 Å². The van der Waals surface area contributed by atoms with Crippen LogP contribution >= 0.6 is 0 Å². The van der Waals surface area contributed by atoms with Crippen LogP contribution in [0.5, 0.6) is 0 Å². The zero-order chi connectivity index (χ0) is 12.9. The van der Waals surface area contributed by atoms with Crippen LogP contribution in [0, 0.1) is 0 Å². The topological polar surface area (TPSA) is 75.4 Å². The predicted octanol–water partition coefficient (Wildman–Crippen LogP) is 0.300. The average molecular weight is 257 g/mol. The molecule has 1 aromatic rings. The zero-order valence-electron chi connectivity index (χ0n) is 10.1. The molecule has 1 unspecified atom stereocenters. The van der Waals surface area contributed by atoms with Gasteiger partial charge < -0.3 is 5.73 Å². The van der Waals surface area contributed by atoms with Gasteiger partial charge in [-0.3, -0.25) is 0 Å². The molecule has 0 heterocycles. The Balaban J connectivity index is 2.60. The van der Waals surface area contributed by atoms with Gasteiger partial charge in [0.1, 0.15) is 0 Å². The van der Waals surface area contributed by atoms with Crippen LogP contribution in [0.25, 0.3) is 0 Å². The quantitative estimate of drug-likeness (QED) is 0.769. The normalized spacial score (nSPS) is 13.9. The molecule has 0 bridgehead atoms. The highest BCUT2D eigenvalue weighted by Gasteiger charge is 2.17. The Hall–Kier alpha value is -0.950. The summed E-state index contributed by atoms with van der Waals surface area (Å²) in [6, 6.07) is 9.23. The fourth-order valence-corrected chi connectivity index (χ4v) is 2.29. The minimum Gasteiger partial charge on any atom is -0.327 e. The summed E-state index contributed by atoms with van der Waals surface area (Å²) in [6.45, 7) is 2.33. The van der Waals surface area contributed by atoms with E-state index in [-0.39, 0.29) is 12.6 Å². The number of hydrogen-bond acceptors (Lipinski definition) is 3. The second-order valence-electron chi connectivity index (χ2n) is 4.07. The minimum absolute atomic E-state index is 0.199. The van der Waals surface area contributed by atoms with Crippen molar-refractivity contribution in [1.82, 2.24) is 9.03 Å². The van der Waals surface area contributed by atoms with E-state index in [0.29, 0.717) is 6.54 Å². The fraction of sp³-hybridized carbons (Fsp3) is 0.455. The highest BCUT2D eigenvalue weighted by molar-refractivity contribution is 7.87. The molecule has 0 amide bonds. The lowest BCUT2D eigenvalue weighted by Gasteiger charge is -2.18. The van der Waals surface area contributed by atoms with Crippen LogP contribution in [0.4, 0.5) is 0 Å². The van der Waals surface area contributed by atoms with Crippen LogP contribution in [0.2, 0.25) is 0 Å². The Morgan fingerprint density at radius 3 is 2.47 bits per heavy atom. The van der Waals surface area contributed by atoms with Crippen LogP contribution in [-0.4, -0.2) is 32.4 Å². The molecule has 1 rings (SSSR count). The Bertz CT molecular complexity index is 431. The summed E-state index contributed by atoms with van der Waals surface area (Å²) >= 11 is 0. The van der Waals surface area contributed by atoms with Crippen LogP contribution in [0.15, 0.2) is 30.3 Å². The van der Waals surface area contributed by atoms with Crippen molar-refractivity contribution in [3.05, 3.63) is 35.9 Å². The van der Waals surface area contributed by atoms with Crippen molar-refractivity contribution in [1.29, 1.82) is 0 Å². The maximum atomic E-state index is 11.8. The van der Waals surface area contributed by atoms with E-state index >= 15 is 0 Å². The van der Waals surface area contributed by atoms with Gasteiger partial charge in [-0.2, -0.15) is 12.7 Å². The molecule has 0 spiro atoms. The van der Waals surface area contributed by atoms with E-state index < -0.39 is 10.2 Å². The molecule has 0 aliphatic carbocycles. The maximum Gasteiger partial charge on any atom is 0.279 e. The summed E-state index contributed by atoms with van der Waals surface area (Å²) in [5.41, 5.74) is 6.45. The number of rotatable bonds is 6. The van der Waals surface area contributed by atoms with Crippen molar-refractivity contribution in [3.8, 4) is 0 Å². The summed E-state index contributed by atoms with van der Waals surface area (Å²) in [6.07, 6.45) is 0. The van der Waals surface area contributed by atoms with Crippen LogP contribution in [-0.2, 0) is 16.8 Å². The third-order valence-electron chi connectivity index (χ3n) is 2.25. The molecule has 1 atom stereocenters. The molecule has 96 valence electrons. The minimum atomic E-state index is -3.45. The van der Waals surface area contributed by atoms with Gasteiger partial charge in [0.2, 0.25) is 0 Å². The standard InChI is InChI=1S/C11H19N3O2S/c1-10(12)8-13-17(15,16)14(2)9-11-6-4-3-5-7-11/h3-7,10,13H,8-9,12H2,1-2H3. The molecule has 5 nitrogen and oxygen atoms in total. The smallest absolute Gasteiger partial charge is 0.279 e. The second-order valence-corrected chi connectivity index (χ2v) is 5.93. The highest BCUT2D eigenvalue weighted by Crippen LogP contribution is 2.05. The number of nitrogens with zero attached hydrogens (tertiary/aromatic N) is 1. The van der Waals surface area contributed by atoms with E-state index in [4.69, 9.17) is 5.73 Å². The summed E-state index contributed by atoms with van der Waals surface area (Å²) in [7, 11) is -1.91. The summed E-state index contributed by atoms with van der Waals surface area (Å²) in [4.78, 5) is 0. The number of nitrogens with two attached hydrogens (primary N) is 1. The molecule has 6 heteroatoms. The van der Waals surface area contributed by atoms with Crippen molar-refractivity contribution >= 4 is 10.2 Å². The monoisotopic (exact) mass is 257 g/mol. The van der Waals surface area contributed by atoms with Gasteiger partial charge in [0.05, 0.1) is 0 Å². The van der Waals surface area contributed by atoms with Gasteiger partial charge in [-0.1, -0.05) is 30.3 Å². The number of nitrogens with one attached hydrogen (secondary N) is 1. The van der Waals surface area contributed by atoms with Crippen LogP contribution in [0.3, 0.4) is 0 Å². The first-order valence-corrected chi connectivity index (χ1v) is 6.86. The number of hydrogen-bond donors (Lipinski definition) is 2. The first-order chi connectivity index (χ1) is 7.92. The Labute approximate surface area is 103 Å². The van der Waals surface area contributed by atoms with Crippen LogP contribution < -0.4 is 10.5 Å². The predicted molar refractivity (Wildman–Crippen MR) is 68.5 cm³/mol. The van der Waals surface area contributed by atoms with E-state index in [1.807, 2.05) is 30.3 Å². The van der Waals surface area contributed by atoms with Crippen molar-refractivity contribution in [2.75, 3.05) is 13.6 Å². The second kappa shape index (κ2) is 6.11. The third-order valence-corrected chi connectivity index (χ3v) is 3.73. The van der Waals surface area contributed by atoms with E-state index in [2.05, 4.69) is 4.72 Å². The molecule has 0 aliphatic rings. The Morgan fingerprint density at radius 2 is 1.94 bits per heavy atom. The van der Waals surface area contributed by atoms with Gasteiger partial charge in [0, 0.05) is 26.2 Å². The molecule has 0 aromatic heterocycles. The molecule has 3 N–H and O–H groups in total. The van der Waals surface area contributed by atoms with Crippen molar-refractivity contribution in [3.63, 3.8) is 0 Å². The van der Waals surface area contributed by atoms with Gasteiger partial charge in [-0.05, 0) is 12.5 Å². The SMILES string of the molecule is CC(N)CNS(=O)(=O)N(C)Cc1ccccc1. The van der Waals surface area contributed by atoms with Crippen molar-refractivity contribution < 1.29 is 8.42 Å². The molecule has 0 radical (unpaired) electrons. The van der Waals surface area contributed by atoms with Gasteiger partial charge in [-0.15, -0.1) is 0 Å². The first-order valence-electron chi connectivity index (χ1n) is 5.42. The lowest BCUT2D eigenvalue weighted by Crippen LogP contribution is -2.42. The Morgan fingerprint density at radius 1 is 1.35 bits per heavy atom. The molecule has 1 aromatic carbocycles. The molecule has 0 aliphatic heterocycles. The lowest BCUT2D eigenvalue weighted by atomic mass is 10.2. The summed E-state index contributed by atoms with van der Waals surface area (Å²) in [5.74, 6) is 0. The summed E-state index contributed by atoms with van der Waals surface area (Å²) < 4.78 is 27.3. The zero-order valence-corrected chi connectivity index (χ0v) is 10.9. The first kappa shape index (κ1) is 14.1. The largest absolute Gasteiger partial charge is 0.327 e. The summed E-state index contributed by atoms with van der Waals surface area (Å²) in [5, 5.41) is 0. The van der Waals surface area contributed by atoms with E-state index in [1.165, 1.54) is 11.4 Å².